The lowest BCUT2D eigenvalue weighted by Crippen LogP contribution is -2.06. The van der Waals surface area contributed by atoms with Crippen LogP contribution in [0.5, 0.6) is 0 Å². The molecule has 0 aromatic heterocycles. The highest BCUT2D eigenvalue weighted by atomic mass is 16.6. The zero-order chi connectivity index (χ0) is 6.69. The standard InChI is InChI=1S/C7H14O2/c1-6(2)3-8-4-7-5-9-7/h6-7H,3-5H2,1-2H3/t7-/m0/s1. The summed E-state index contributed by atoms with van der Waals surface area (Å²) in [7, 11) is 0. The van der Waals surface area contributed by atoms with Gasteiger partial charge in [-0.1, -0.05) is 13.8 Å². The van der Waals surface area contributed by atoms with Gasteiger partial charge in [0.05, 0.1) is 13.2 Å². The molecule has 2 nitrogen and oxygen atoms in total. The predicted molar refractivity (Wildman–Crippen MR) is 35.4 cm³/mol. The summed E-state index contributed by atoms with van der Waals surface area (Å²) in [5, 5.41) is 0. The van der Waals surface area contributed by atoms with E-state index in [2.05, 4.69) is 13.8 Å². The molecule has 0 bridgehead atoms. The lowest BCUT2D eigenvalue weighted by atomic mass is 10.2. The molecule has 1 atom stereocenters. The van der Waals surface area contributed by atoms with Crippen LogP contribution >= 0.6 is 0 Å². The van der Waals surface area contributed by atoms with Crippen molar-refractivity contribution in [1.82, 2.24) is 0 Å². The van der Waals surface area contributed by atoms with Crippen molar-refractivity contribution in [2.24, 2.45) is 5.92 Å². The third kappa shape index (κ3) is 3.49. The second-order valence-corrected chi connectivity index (χ2v) is 2.89. The van der Waals surface area contributed by atoms with Gasteiger partial charge in [-0.2, -0.15) is 0 Å². The maximum absolute atomic E-state index is 5.29. The van der Waals surface area contributed by atoms with E-state index in [0.29, 0.717) is 12.0 Å². The van der Waals surface area contributed by atoms with E-state index in [9.17, 15) is 0 Å². The van der Waals surface area contributed by atoms with Gasteiger partial charge in [-0.3, -0.25) is 0 Å². The summed E-state index contributed by atoms with van der Waals surface area (Å²) >= 11 is 0. The summed E-state index contributed by atoms with van der Waals surface area (Å²) in [4.78, 5) is 0. The van der Waals surface area contributed by atoms with Crippen LogP contribution in [0.15, 0.2) is 0 Å². The normalized spacial score (nSPS) is 25.0. The average Bonchev–Trinajstić information content (AvgIpc) is 2.48. The molecule has 0 N–H and O–H groups in total. The maximum atomic E-state index is 5.29. The quantitative estimate of drug-likeness (QED) is 0.531. The third-order valence-corrected chi connectivity index (χ3v) is 1.16. The minimum absolute atomic E-state index is 0.420. The Hall–Kier alpha value is -0.0800. The lowest BCUT2D eigenvalue weighted by molar-refractivity contribution is 0.0952. The van der Waals surface area contributed by atoms with Crippen LogP contribution in [0.25, 0.3) is 0 Å². The van der Waals surface area contributed by atoms with Crippen molar-refractivity contribution in [3.8, 4) is 0 Å². The molecule has 9 heavy (non-hydrogen) atoms. The first kappa shape index (κ1) is 7.03. The molecule has 1 heterocycles. The Morgan fingerprint density at radius 3 is 2.78 bits per heavy atom. The van der Waals surface area contributed by atoms with Crippen molar-refractivity contribution in [2.45, 2.75) is 20.0 Å². The van der Waals surface area contributed by atoms with E-state index in [4.69, 9.17) is 9.47 Å². The van der Waals surface area contributed by atoms with Gasteiger partial charge in [0.2, 0.25) is 0 Å². The molecule has 54 valence electrons. The molecule has 0 unspecified atom stereocenters. The van der Waals surface area contributed by atoms with Crippen LogP contribution < -0.4 is 0 Å². The second-order valence-electron chi connectivity index (χ2n) is 2.89. The topological polar surface area (TPSA) is 21.8 Å². The van der Waals surface area contributed by atoms with Crippen LogP contribution in [0.4, 0.5) is 0 Å². The van der Waals surface area contributed by atoms with Crippen LogP contribution in [-0.2, 0) is 9.47 Å². The van der Waals surface area contributed by atoms with Gasteiger partial charge in [-0.05, 0) is 5.92 Å². The van der Waals surface area contributed by atoms with Gasteiger partial charge < -0.3 is 9.47 Å². The summed E-state index contributed by atoms with van der Waals surface area (Å²) < 4.78 is 10.3. The van der Waals surface area contributed by atoms with Gasteiger partial charge in [-0.25, -0.2) is 0 Å². The molecule has 0 radical (unpaired) electrons. The number of epoxide rings is 1. The van der Waals surface area contributed by atoms with Crippen molar-refractivity contribution in [3.05, 3.63) is 0 Å². The van der Waals surface area contributed by atoms with E-state index >= 15 is 0 Å². The number of hydrogen-bond donors (Lipinski definition) is 0. The highest BCUT2D eigenvalue weighted by Gasteiger charge is 2.22. The summed E-state index contributed by atoms with van der Waals surface area (Å²) in [6.07, 6.45) is 0.420. The number of rotatable bonds is 4. The summed E-state index contributed by atoms with van der Waals surface area (Å²) in [5.74, 6) is 0.642. The molecule has 2 heteroatoms. The molecule has 1 fully saturated rings. The first-order chi connectivity index (χ1) is 4.29. The summed E-state index contributed by atoms with van der Waals surface area (Å²) in [6.45, 7) is 6.84. The van der Waals surface area contributed by atoms with Crippen LogP contribution in [0.2, 0.25) is 0 Å². The number of hydrogen-bond acceptors (Lipinski definition) is 2. The fraction of sp³-hybridized carbons (Fsp3) is 1.00. The maximum Gasteiger partial charge on any atom is 0.104 e. The van der Waals surface area contributed by atoms with Crippen molar-refractivity contribution in [1.29, 1.82) is 0 Å². The van der Waals surface area contributed by atoms with Crippen molar-refractivity contribution in [3.63, 3.8) is 0 Å². The molecular weight excluding hydrogens is 116 g/mol. The molecular formula is C7H14O2. The predicted octanol–water partition coefficient (Wildman–Crippen LogP) is 1.06. The Bertz CT molecular complexity index is 75.0. The second kappa shape index (κ2) is 3.18. The monoisotopic (exact) mass is 130 g/mol. The fourth-order valence-electron chi connectivity index (χ4n) is 0.599. The van der Waals surface area contributed by atoms with E-state index in [-0.39, 0.29) is 0 Å². The van der Waals surface area contributed by atoms with Crippen molar-refractivity contribution in [2.75, 3.05) is 19.8 Å². The lowest BCUT2D eigenvalue weighted by Gasteiger charge is -2.03. The van der Waals surface area contributed by atoms with Crippen molar-refractivity contribution < 1.29 is 9.47 Å². The molecule has 0 amide bonds. The van der Waals surface area contributed by atoms with Crippen LogP contribution in [0.1, 0.15) is 13.8 Å². The third-order valence-electron chi connectivity index (χ3n) is 1.16. The van der Waals surface area contributed by atoms with E-state index in [1.807, 2.05) is 0 Å². The molecule has 0 aromatic rings. The molecule has 1 rings (SSSR count). The Balaban J connectivity index is 1.81. The molecule has 1 aliphatic rings. The SMILES string of the molecule is CC(C)COC[C@H]1CO1. The largest absolute Gasteiger partial charge is 0.378 e. The Morgan fingerprint density at radius 2 is 2.33 bits per heavy atom. The van der Waals surface area contributed by atoms with E-state index in [0.717, 1.165) is 19.8 Å². The smallest absolute Gasteiger partial charge is 0.104 e. The van der Waals surface area contributed by atoms with Crippen LogP contribution in [-0.4, -0.2) is 25.9 Å². The zero-order valence-corrected chi connectivity index (χ0v) is 6.09. The first-order valence-corrected chi connectivity index (χ1v) is 3.48. The Morgan fingerprint density at radius 1 is 1.67 bits per heavy atom. The van der Waals surface area contributed by atoms with Crippen LogP contribution in [0, 0.1) is 5.92 Å². The minimum Gasteiger partial charge on any atom is -0.378 e. The molecule has 1 aliphatic heterocycles. The summed E-state index contributed by atoms with van der Waals surface area (Å²) in [6, 6.07) is 0. The van der Waals surface area contributed by atoms with Gasteiger partial charge in [0.25, 0.3) is 0 Å². The molecule has 0 aliphatic carbocycles. The van der Waals surface area contributed by atoms with E-state index < -0.39 is 0 Å². The van der Waals surface area contributed by atoms with Gasteiger partial charge in [0.1, 0.15) is 6.10 Å². The first-order valence-electron chi connectivity index (χ1n) is 3.48. The number of ether oxygens (including phenoxy) is 2. The molecule has 0 spiro atoms. The van der Waals surface area contributed by atoms with E-state index in [1.165, 1.54) is 0 Å². The van der Waals surface area contributed by atoms with Gasteiger partial charge >= 0.3 is 0 Å². The molecule has 0 aromatic carbocycles. The average molecular weight is 130 g/mol. The fourth-order valence-corrected chi connectivity index (χ4v) is 0.599. The summed E-state index contributed by atoms with van der Waals surface area (Å²) in [5.41, 5.74) is 0. The Labute approximate surface area is 56.2 Å². The van der Waals surface area contributed by atoms with Crippen molar-refractivity contribution >= 4 is 0 Å². The van der Waals surface area contributed by atoms with E-state index in [1.54, 1.807) is 0 Å². The Kier molecular flexibility index (Phi) is 2.49. The van der Waals surface area contributed by atoms with Gasteiger partial charge in [-0.15, -0.1) is 0 Å². The molecule has 1 saturated heterocycles. The zero-order valence-electron chi connectivity index (χ0n) is 6.09. The van der Waals surface area contributed by atoms with Gasteiger partial charge in [0.15, 0.2) is 0 Å². The van der Waals surface area contributed by atoms with Gasteiger partial charge in [0, 0.05) is 6.61 Å². The molecule has 0 saturated carbocycles. The highest BCUT2D eigenvalue weighted by Crippen LogP contribution is 2.08. The minimum atomic E-state index is 0.420. The highest BCUT2D eigenvalue weighted by molar-refractivity contribution is 4.67. The van der Waals surface area contributed by atoms with Crippen LogP contribution in [0.3, 0.4) is 0 Å².